The number of amides is 3. The number of benzene rings is 3. The molecule has 186 valence electrons. The Bertz CT molecular complexity index is 1200. The second kappa shape index (κ2) is 11.1. The third-order valence-corrected chi connectivity index (χ3v) is 6.72. The van der Waals surface area contributed by atoms with Gasteiger partial charge in [0, 0.05) is 18.0 Å². The average Bonchev–Trinajstić information content (AvgIpc) is 3.29. The Balaban J connectivity index is 1.94. The van der Waals surface area contributed by atoms with Crippen LogP contribution in [-0.2, 0) is 4.79 Å². The Labute approximate surface area is 211 Å². The molecule has 7 nitrogen and oxygen atoms in total. The molecule has 3 amide bonds. The molecular formula is C29H31N3O4. The van der Waals surface area contributed by atoms with E-state index in [1.165, 1.54) is 4.90 Å². The first kappa shape index (κ1) is 25.0. The Morgan fingerprint density at radius 1 is 0.889 bits per heavy atom. The van der Waals surface area contributed by atoms with Crippen LogP contribution in [0.2, 0.25) is 0 Å². The van der Waals surface area contributed by atoms with E-state index < -0.39 is 35.9 Å². The van der Waals surface area contributed by atoms with Crippen molar-refractivity contribution in [2.45, 2.75) is 31.3 Å². The maximum Gasteiger partial charge on any atom is 0.318 e. The first-order valence-corrected chi connectivity index (χ1v) is 12.1. The summed E-state index contributed by atoms with van der Waals surface area (Å²) in [4.78, 5) is 42.2. The highest BCUT2D eigenvalue weighted by Gasteiger charge is 2.56. The zero-order chi connectivity index (χ0) is 25.7. The highest BCUT2D eigenvalue weighted by atomic mass is 16.5. The van der Waals surface area contributed by atoms with Crippen LogP contribution in [0.15, 0.2) is 84.9 Å². The van der Waals surface area contributed by atoms with Gasteiger partial charge in [0.05, 0.1) is 19.1 Å². The molecule has 1 aliphatic rings. The molecule has 0 spiro atoms. The van der Waals surface area contributed by atoms with E-state index in [9.17, 15) is 14.4 Å². The number of carbonyl (C=O) groups excluding carboxylic acids is 3. The number of nitrogens with two attached hydrogens (primary N) is 1. The van der Waals surface area contributed by atoms with Crippen LogP contribution in [0.5, 0.6) is 5.75 Å². The summed E-state index contributed by atoms with van der Waals surface area (Å²) >= 11 is 0. The number of ether oxygens (including phenoxy) is 1. The minimum atomic E-state index is -1.02. The molecule has 3 aromatic carbocycles. The fourth-order valence-corrected chi connectivity index (χ4v) is 5.14. The number of likely N-dealkylation sites (tertiary alicyclic amines) is 1. The average molecular weight is 486 g/mol. The number of rotatable bonds is 8. The summed E-state index contributed by atoms with van der Waals surface area (Å²) in [6.07, 6.45) is 0.725. The van der Waals surface area contributed by atoms with Crippen molar-refractivity contribution in [2.75, 3.05) is 13.7 Å². The lowest BCUT2D eigenvalue weighted by Crippen LogP contribution is -2.50. The van der Waals surface area contributed by atoms with Crippen molar-refractivity contribution < 1.29 is 19.1 Å². The van der Waals surface area contributed by atoms with Crippen LogP contribution in [0.4, 0.5) is 4.79 Å². The van der Waals surface area contributed by atoms with Crippen LogP contribution >= 0.6 is 0 Å². The largest absolute Gasteiger partial charge is 0.497 e. The Kier molecular flexibility index (Phi) is 7.68. The lowest BCUT2D eigenvalue weighted by atomic mass is 9.76. The van der Waals surface area contributed by atoms with Crippen molar-refractivity contribution in [3.05, 3.63) is 102 Å². The summed E-state index contributed by atoms with van der Waals surface area (Å²) in [7, 11) is 1.57. The molecule has 0 aromatic heterocycles. The van der Waals surface area contributed by atoms with Crippen molar-refractivity contribution in [2.24, 2.45) is 11.7 Å². The highest BCUT2D eigenvalue weighted by Crippen LogP contribution is 2.51. The number of nitrogens with one attached hydrogen (secondary N) is 1. The first-order chi connectivity index (χ1) is 17.5. The number of Topliss-reactive ketones (excluding diaryl/α,β-unsaturated/α-hetero) is 1. The van der Waals surface area contributed by atoms with Crippen molar-refractivity contribution >= 4 is 17.7 Å². The van der Waals surface area contributed by atoms with Crippen molar-refractivity contribution in [1.29, 1.82) is 0 Å². The third-order valence-electron chi connectivity index (χ3n) is 6.72. The second-order valence-electron chi connectivity index (χ2n) is 8.90. The van der Waals surface area contributed by atoms with Crippen molar-refractivity contribution in [3.63, 3.8) is 0 Å². The zero-order valence-corrected chi connectivity index (χ0v) is 20.5. The predicted molar refractivity (Wildman–Crippen MR) is 138 cm³/mol. The number of carbonyl (C=O) groups is 3. The van der Waals surface area contributed by atoms with Gasteiger partial charge >= 0.3 is 6.03 Å². The highest BCUT2D eigenvalue weighted by molar-refractivity contribution is 6.01. The van der Waals surface area contributed by atoms with Crippen LogP contribution in [0.25, 0.3) is 0 Å². The molecule has 7 heteroatoms. The van der Waals surface area contributed by atoms with Crippen LogP contribution < -0.4 is 15.8 Å². The number of nitrogens with zero attached hydrogens (tertiary/aromatic N) is 1. The fraction of sp³-hybridized carbons (Fsp3) is 0.276. The summed E-state index contributed by atoms with van der Waals surface area (Å²) in [5.41, 5.74) is 7.99. The number of methoxy groups -OCH3 is 1. The molecule has 4 rings (SSSR count). The van der Waals surface area contributed by atoms with E-state index in [-0.39, 0.29) is 5.78 Å². The Morgan fingerprint density at radius 2 is 1.50 bits per heavy atom. The molecule has 0 radical (unpaired) electrons. The second-order valence-corrected chi connectivity index (χ2v) is 8.90. The van der Waals surface area contributed by atoms with E-state index in [2.05, 4.69) is 5.32 Å². The molecule has 1 fully saturated rings. The molecule has 3 aromatic rings. The van der Waals surface area contributed by atoms with Gasteiger partial charge in [0.2, 0.25) is 5.91 Å². The summed E-state index contributed by atoms with van der Waals surface area (Å²) in [5, 5.41) is 2.90. The molecular weight excluding hydrogens is 454 g/mol. The van der Waals surface area contributed by atoms with E-state index >= 15 is 0 Å². The van der Waals surface area contributed by atoms with E-state index in [4.69, 9.17) is 10.5 Å². The van der Waals surface area contributed by atoms with Gasteiger partial charge in [-0.2, -0.15) is 0 Å². The summed E-state index contributed by atoms with van der Waals surface area (Å²) < 4.78 is 5.32. The molecule has 0 saturated carbocycles. The maximum atomic E-state index is 14.2. The molecule has 1 saturated heterocycles. The van der Waals surface area contributed by atoms with Gasteiger partial charge in [-0.3, -0.25) is 9.59 Å². The van der Waals surface area contributed by atoms with Crippen LogP contribution in [0.1, 0.15) is 46.8 Å². The van der Waals surface area contributed by atoms with E-state index in [1.54, 1.807) is 43.5 Å². The summed E-state index contributed by atoms with van der Waals surface area (Å²) in [6, 6.07) is 23.4. The van der Waals surface area contributed by atoms with Gasteiger partial charge < -0.3 is 20.7 Å². The lowest BCUT2D eigenvalue weighted by Gasteiger charge is -2.31. The predicted octanol–water partition coefficient (Wildman–Crippen LogP) is 4.31. The summed E-state index contributed by atoms with van der Waals surface area (Å²) in [6.45, 7) is 2.38. The van der Waals surface area contributed by atoms with Crippen molar-refractivity contribution in [1.82, 2.24) is 10.2 Å². The molecule has 0 bridgehead atoms. The number of urea groups is 1. The molecule has 0 aliphatic carbocycles. The monoisotopic (exact) mass is 485 g/mol. The maximum absolute atomic E-state index is 14.2. The Morgan fingerprint density at radius 3 is 2.06 bits per heavy atom. The van der Waals surface area contributed by atoms with E-state index in [0.717, 1.165) is 17.5 Å². The Hall–Kier alpha value is -4.13. The van der Waals surface area contributed by atoms with Crippen molar-refractivity contribution in [3.8, 4) is 5.75 Å². The number of hydrogen-bond acceptors (Lipinski definition) is 4. The zero-order valence-electron chi connectivity index (χ0n) is 20.5. The van der Waals surface area contributed by atoms with Gasteiger partial charge in [0.15, 0.2) is 5.78 Å². The molecule has 1 aliphatic heterocycles. The minimum absolute atomic E-state index is 0.151. The normalized spacial score (nSPS) is 21.1. The quantitative estimate of drug-likeness (QED) is 0.464. The lowest BCUT2D eigenvalue weighted by molar-refractivity contribution is -0.122. The molecule has 4 atom stereocenters. The van der Waals surface area contributed by atoms with Gasteiger partial charge in [-0.15, -0.1) is 0 Å². The van der Waals surface area contributed by atoms with Gasteiger partial charge in [-0.25, -0.2) is 4.79 Å². The van der Waals surface area contributed by atoms with Crippen LogP contribution in [0.3, 0.4) is 0 Å². The fourth-order valence-electron chi connectivity index (χ4n) is 5.14. The van der Waals surface area contributed by atoms with E-state index in [1.807, 2.05) is 55.5 Å². The van der Waals surface area contributed by atoms with Gasteiger partial charge in [0.25, 0.3) is 0 Å². The van der Waals surface area contributed by atoms with Crippen LogP contribution in [0, 0.1) is 5.92 Å². The summed E-state index contributed by atoms with van der Waals surface area (Å²) in [5.74, 6) is -1.53. The molecule has 3 N–H and O–H groups in total. The van der Waals surface area contributed by atoms with Crippen LogP contribution in [-0.4, -0.2) is 42.3 Å². The smallest absolute Gasteiger partial charge is 0.318 e. The van der Waals surface area contributed by atoms with Gasteiger partial charge in [-0.05, 0) is 29.7 Å². The molecule has 1 heterocycles. The number of primary amides is 1. The number of hydrogen-bond donors (Lipinski definition) is 2. The minimum Gasteiger partial charge on any atom is -0.497 e. The topological polar surface area (TPSA) is 102 Å². The van der Waals surface area contributed by atoms with E-state index in [0.29, 0.717) is 17.9 Å². The first-order valence-electron chi connectivity index (χ1n) is 12.1. The standard InChI is InChI=1S/C29H31N3O4/c1-3-18-31-29(35)32-25(20-14-16-22(36-2)17-15-20)24(27(33)21-12-8-5-9-13-21)23(26(32)28(30)34)19-10-6-4-7-11-19/h4-17,23-26H,3,18H2,1-2H3,(H2,30,34)(H,31,35). The molecule has 36 heavy (non-hydrogen) atoms. The third kappa shape index (κ3) is 4.82. The van der Waals surface area contributed by atoms with Gasteiger partial charge in [0.1, 0.15) is 11.8 Å². The number of ketones is 1. The SMILES string of the molecule is CCCNC(=O)N1C(C(N)=O)C(c2ccccc2)C(C(=O)c2ccccc2)C1c1ccc(OC)cc1. The van der Waals surface area contributed by atoms with Gasteiger partial charge in [-0.1, -0.05) is 79.7 Å². The molecule has 4 unspecified atom stereocenters.